The van der Waals surface area contributed by atoms with Gasteiger partial charge in [0.1, 0.15) is 0 Å². The van der Waals surface area contributed by atoms with Gasteiger partial charge in [-0.2, -0.15) is 0 Å². The Morgan fingerprint density at radius 3 is 2.00 bits per heavy atom. The molecule has 0 aromatic carbocycles. The normalized spacial score (nSPS) is 48.0. The van der Waals surface area contributed by atoms with E-state index in [0.29, 0.717) is 0 Å². The van der Waals surface area contributed by atoms with E-state index in [0.717, 1.165) is 34.5 Å². The molecular weight excluding hydrogens is 180 g/mol. The Labute approximate surface area is 95.8 Å². The van der Waals surface area contributed by atoms with Gasteiger partial charge in [0, 0.05) is 0 Å². The lowest BCUT2D eigenvalue weighted by Crippen LogP contribution is -2.19. The molecule has 2 saturated carbocycles. The van der Waals surface area contributed by atoms with Crippen molar-refractivity contribution in [1.82, 2.24) is 0 Å². The van der Waals surface area contributed by atoms with Gasteiger partial charge < -0.3 is 0 Å². The first-order chi connectivity index (χ1) is 6.87. The third kappa shape index (κ3) is 1.47. The summed E-state index contributed by atoms with van der Waals surface area (Å²) in [4.78, 5) is 0. The molecule has 0 aromatic heterocycles. The summed E-state index contributed by atoms with van der Waals surface area (Å²) in [6.07, 6.45) is 4.28. The zero-order valence-corrected chi connectivity index (χ0v) is 11.4. The van der Waals surface area contributed by atoms with Crippen LogP contribution in [-0.4, -0.2) is 0 Å². The van der Waals surface area contributed by atoms with Crippen LogP contribution >= 0.6 is 0 Å². The quantitative estimate of drug-likeness (QED) is 0.612. The van der Waals surface area contributed by atoms with Gasteiger partial charge in [-0.15, -0.1) is 0 Å². The maximum absolute atomic E-state index is 2.50. The van der Waals surface area contributed by atoms with Crippen molar-refractivity contribution in [2.75, 3.05) is 0 Å². The van der Waals surface area contributed by atoms with E-state index in [1.165, 1.54) is 19.3 Å². The highest BCUT2D eigenvalue weighted by atomic mass is 14.9. The number of rotatable bonds is 5. The summed E-state index contributed by atoms with van der Waals surface area (Å²) < 4.78 is 0. The molecule has 0 heterocycles. The van der Waals surface area contributed by atoms with Crippen LogP contribution < -0.4 is 0 Å². The highest BCUT2D eigenvalue weighted by molar-refractivity contribution is 5.33. The molecule has 0 nitrogen and oxygen atoms in total. The summed E-state index contributed by atoms with van der Waals surface area (Å²) >= 11 is 0. The molecule has 15 heavy (non-hydrogen) atoms. The molecule has 5 atom stereocenters. The molecule has 2 aliphatic carbocycles. The Morgan fingerprint density at radius 1 is 1.13 bits per heavy atom. The van der Waals surface area contributed by atoms with Gasteiger partial charge in [0.2, 0.25) is 0 Å². The Hall–Kier alpha value is 0. The van der Waals surface area contributed by atoms with Gasteiger partial charge in [0.05, 0.1) is 0 Å². The predicted octanol–water partition coefficient (Wildman–Crippen LogP) is 4.74. The van der Waals surface area contributed by atoms with Crippen molar-refractivity contribution in [1.29, 1.82) is 0 Å². The van der Waals surface area contributed by atoms with Gasteiger partial charge in [-0.25, -0.2) is 0 Å². The molecule has 5 unspecified atom stereocenters. The van der Waals surface area contributed by atoms with Crippen molar-refractivity contribution in [3.8, 4) is 0 Å². The largest absolute Gasteiger partial charge is 0.0651 e. The minimum Gasteiger partial charge on any atom is -0.0651 e. The Kier molecular flexibility index (Phi) is 2.48. The van der Waals surface area contributed by atoms with E-state index in [9.17, 15) is 0 Å². The minimum atomic E-state index is 0.760. The third-order valence-electron chi connectivity index (χ3n) is 6.10. The van der Waals surface area contributed by atoms with Crippen molar-refractivity contribution >= 4 is 0 Å². The Morgan fingerprint density at radius 2 is 1.67 bits per heavy atom. The highest BCUT2D eigenvalue weighted by Gasteiger charge is 2.85. The Bertz CT molecular complexity index is 243. The van der Waals surface area contributed by atoms with E-state index in [2.05, 4.69) is 41.5 Å². The van der Waals surface area contributed by atoms with Gasteiger partial charge in [0.25, 0.3) is 0 Å². The maximum Gasteiger partial charge on any atom is -0.0227 e. The van der Waals surface area contributed by atoms with Crippen LogP contribution in [0.3, 0.4) is 0 Å². The average molecular weight is 208 g/mol. The van der Waals surface area contributed by atoms with Gasteiger partial charge in [-0.1, -0.05) is 48.0 Å². The standard InChI is InChI=1S/C15H28/c1-7-10(2)8-11(3)12(4)13-14(5)9-15(13,14)6/h10-13H,7-9H2,1-6H3. The van der Waals surface area contributed by atoms with E-state index >= 15 is 0 Å². The molecule has 0 saturated heterocycles. The zero-order valence-electron chi connectivity index (χ0n) is 11.4. The lowest BCUT2D eigenvalue weighted by molar-refractivity contribution is 0.221. The first-order valence-electron chi connectivity index (χ1n) is 6.87. The zero-order chi connectivity index (χ0) is 11.4. The molecule has 2 rings (SSSR count). The lowest BCUT2D eigenvalue weighted by Gasteiger charge is -2.27. The second kappa shape index (κ2) is 3.25. The molecule has 0 bridgehead atoms. The molecule has 2 fully saturated rings. The molecule has 0 N–H and O–H groups in total. The van der Waals surface area contributed by atoms with E-state index in [4.69, 9.17) is 0 Å². The molecule has 0 amide bonds. The number of hydrogen-bond acceptors (Lipinski definition) is 0. The fourth-order valence-electron chi connectivity index (χ4n) is 4.31. The van der Waals surface area contributed by atoms with E-state index in [1.807, 2.05) is 0 Å². The summed E-state index contributed by atoms with van der Waals surface area (Å²) in [5.41, 5.74) is 1.52. The monoisotopic (exact) mass is 208 g/mol. The van der Waals surface area contributed by atoms with Crippen LogP contribution in [0.2, 0.25) is 0 Å². The summed E-state index contributed by atoms with van der Waals surface area (Å²) in [5.74, 6) is 3.83. The second-order valence-electron chi connectivity index (χ2n) is 7.07. The van der Waals surface area contributed by atoms with Crippen LogP contribution in [-0.2, 0) is 0 Å². The molecule has 88 valence electrons. The van der Waals surface area contributed by atoms with Crippen LogP contribution in [0, 0.1) is 34.5 Å². The van der Waals surface area contributed by atoms with Gasteiger partial charge in [-0.05, 0) is 47.3 Å². The van der Waals surface area contributed by atoms with Gasteiger partial charge in [0.15, 0.2) is 0 Å². The SMILES string of the molecule is CCC(C)CC(C)C(C)C1C2(C)CC12C. The second-order valence-corrected chi connectivity index (χ2v) is 7.07. The molecule has 0 heteroatoms. The first kappa shape index (κ1) is 11.5. The molecule has 0 aromatic rings. The first-order valence-corrected chi connectivity index (χ1v) is 6.87. The van der Waals surface area contributed by atoms with E-state index in [-0.39, 0.29) is 0 Å². The molecule has 0 aliphatic heterocycles. The fraction of sp³-hybridized carbons (Fsp3) is 1.00. The average Bonchev–Trinajstić information content (AvgIpc) is 2.86. The predicted molar refractivity (Wildman–Crippen MR) is 66.7 cm³/mol. The highest BCUT2D eigenvalue weighted by Crippen LogP contribution is 2.91. The molecule has 2 aliphatic rings. The summed E-state index contributed by atoms with van der Waals surface area (Å²) in [6, 6.07) is 0. The maximum atomic E-state index is 2.50. The molecule has 0 radical (unpaired) electrons. The van der Waals surface area contributed by atoms with Crippen LogP contribution in [0.25, 0.3) is 0 Å². The fourth-order valence-corrected chi connectivity index (χ4v) is 4.31. The number of hydrogen-bond donors (Lipinski definition) is 0. The number of fused-ring (bicyclic) bond motifs is 1. The van der Waals surface area contributed by atoms with Crippen molar-refractivity contribution in [2.24, 2.45) is 34.5 Å². The summed E-state index contributed by atoms with van der Waals surface area (Å²) in [7, 11) is 0. The van der Waals surface area contributed by atoms with E-state index < -0.39 is 0 Å². The van der Waals surface area contributed by atoms with Crippen LogP contribution in [0.1, 0.15) is 60.8 Å². The van der Waals surface area contributed by atoms with Gasteiger partial charge in [-0.3, -0.25) is 0 Å². The smallest absolute Gasteiger partial charge is 0.0227 e. The van der Waals surface area contributed by atoms with Crippen LogP contribution in [0.5, 0.6) is 0 Å². The van der Waals surface area contributed by atoms with Gasteiger partial charge >= 0.3 is 0 Å². The minimum absolute atomic E-state index is 0.760. The van der Waals surface area contributed by atoms with Crippen molar-refractivity contribution in [3.63, 3.8) is 0 Å². The van der Waals surface area contributed by atoms with E-state index in [1.54, 1.807) is 0 Å². The Balaban J connectivity index is 1.85. The lowest BCUT2D eigenvalue weighted by atomic mass is 9.78. The molecular formula is C15H28. The molecule has 0 spiro atoms. The topological polar surface area (TPSA) is 0 Å². The van der Waals surface area contributed by atoms with Crippen LogP contribution in [0.4, 0.5) is 0 Å². The summed E-state index contributed by atoms with van der Waals surface area (Å²) in [5, 5.41) is 0. The van der Waals surface area contributed by atoms with Crippen molar-refractivity contribution in [3.05, 3.63) is 0 Å². The third-order valence-corrected chi connectivity index (χ3v) is 6.10. The summed E-state index contributed by atoms with van der Waals surface area (Å²) in [6.45, 7) is 14.7. The van der Waals surface area contributed by atoms with Crippen LogP contribution in [0.15, 0.2) is 0 Å². The van der Waals surface area contributed by atoms with Crippen molar-refractivity contribution in [2.45, 2.75) is 60.8 Å². The van der Waals surface area contributed by atoms with Crippen molar-refractivity contribution < 1.29 is 0 Å².